The van der Waals surface area contributed by atoms with E-state index in [1.165, 1.54) is 0 Å². The molecule has 3 aromatic rings. The Kier molecular flexibility index (Phi) is 9.34. The van der Waals surface area contributed by atoms with Gasteiger partial charge in [-0.1, -0.05) is 24.3 Å². The summed E-state index contributed by atoms with van der Waals surface area (Å²) in [6.45, 7) is 5.61. The highest BCUT2D eigenvalue weighted by Crippen LogP contribution is 2.24. The molecular formula is C25H29F3N4O5. The summed E-state index contributed by atoms with van der Waals surface area (Å²) in [5.41, 5.74) is 2.40. The van der Waals surface area contributed by atoms with Gasteiger partial charge in [0, 0.05) is 32.2 Å². The maximum atomic E-state index is 12.5. The first-order valence-electron chi connectivity index (χ1n) is 11.8. The molecule has 0 bridgehead atoms. The Morgan fingerprint density at radius 2 is 1.73 bits per heavy atom. The zero-order valence-corrected chi connectivity index (χ0v) is 20.3. The number of piperidine rings is 1. The highest BCUT2D eigenvalue weighted by atomic mass is 19.4. The second-order valence-electron chi connectivity index (χ2n) is 8.38. The number of fused-ring (bicyclic) bond motifs is 1. The number of hydrogen-bond acceptors (Lipinski definition) is 5. The Morgan fingerprint density at radius 3 is 2.38 bits per heavy atom. The van der Waals surface area contributed by atoms with Gasteiger partial charge in [-0.25, -0.2) is 9.59 Å². The van der Waals surface area contributed by atoms with Crippen molar-refractivity contribution in [2.75, 3.05) is 32.8 Å². The number of amides is 1. The maximum absolute atomic E-state index is 12.5. The van der Waals surface area contributed by atoms with Crippen LogP contribution < -0.4 is 15.7 Å². The third kappa shape index (κ3) is 7.35. The van der Waals surface area contributed by atoms with Gasteiger partial charge in [-0.05, 0) is 44.0 Å². The van der Waals surface area contributed by atoms with Crippen molar-refractivity contribution in [2.24, 2.45) is 0 Å². The number of imidazole rings is 1. The third-order valence-corrected chi connectivity index (χ3v) is 5.93. The average molecular weight is 523 g/mol. The topological polar surface area (TPSA) is 117 Å². The highest BCUT2D eigenvalue weighted by molar-refractivity contribution is 5.96. The van der Waals surface area contributed by atoms with Crippen LogP contribution in [0, 0.1) is 0 Å². The summed E-state index contributed by atoms with van der Waals surface area (Å²) in [5, 5.41) is 10.1. The van der Waals surface area contributed by atoms with E-state index in [2.05, 4.69) is 15.2 Å². The van der Waals surface area contributed by atoms with E-state index in [0.29, 0.717) is 24.5 Å². The minimum Gasteiger partial charge on any atom is -0.493 e. The minimum absolute atomic E-state index is 0.0325. The number of aromatic amines is 1. The molecule has 2 aromatic carbocycles. The number of para-hydroxylation sites is 3. The molecule has 0 unspecified atom stereocenters. The summed E-state index contributed by atoms with van der Waals surface area (Å²) in [7, 11) is 0. The number of hydrogen-bond donors (Lipinski definition) is 3. The number of carbonyl (C=O) groups is 2. The molecule has 200 valence electrons. The number of carbonyl (C=O) groups excluding carboxylic acids is 1. The number of nitrogens with one attached hydrogen (secondary N) is 2. The number of aromatic nitrogens is 2. The Morgan fingerprint density at radius 1 is 1.11 bits per heavy atom. The number of ether oxygens (including phenoxy) is 1. The predicted octanol–water partition coefficient (Wildman–Crippen LogP) is 3.43. The van der Waals surface area contributed by atoms with Gasteiger partial charge in [0.25, 0.3) is 5.91 Å². The van der Waals surface area contributed by atoms with Crippen LogP contribution >= 0.6 is 0 Å². The fourth-order valence-corrected chi connectivity index (χ4v) is 4.20. The quantitative estimate of drug-likeness (QED) is 0.438. The molecule has 2 heterocycles. The molecule has 0 radical (unpaired) electrons. The molecule has 1 amide bonds. The van der Waals surface area contributed by atoms with Crippen LogP contribution in [0.4, 0.5) is 13.2 Å². The zero-order chi connectivity index (χ0) is 27.0. The van der Waals surface area contributed by atoms with Gasteiger partial charge in [0.15, 0.2) is 0 Å². The largest absolute Gasteiger partial charge is 0.493 e. The van der Waals surface area contributed by atoms with E-state index in [9.17, 15) is 22.8 Å². The van der Waals surface area contributed by atoms with Crippen molar-refractivity contribution in [3.63, 3.8) is 0 Å². The Balaban J connectivity index is 0.000000479. The van der Waals surface area contributed by atoms with Gasteiger partial charge >= 0.3 is 17.8 Å². The lowest BCUT2D eigenvalue weighted by Gasteiger charge is -2.32. The molecule has 37 heavy (non-hydrogen) atoms. The molecule has 12 heteroatoms. The van der Waals surface area contributed by atoms with Crippen molar-refractivity contribution in [1.82, 2.24) is 19.8 Å². The normalized spacial score (nSPS) is 14.6. The van der Waals surface area contributed by atoms with Gasteiger partial charge in [-0.2, -0.15) is 13.2 Å². The van der Waals surface area contributed by atoms with E-state index in [1.807, 2.05) is 54.0 Å². The Bertz CT molecular complexity index is 1260. The number of carboxylic acid groups (broad SMARTS) is 1. The standard InChI is InChI=1S/C23H28N4O3.C2HF3O2/c1-2-30-21-10-6-3-7-18(21)22(28)24-13-16-26-14-11-17(12-15-26)27-20-9-5-4-8-19(20)25-23(27)29;3-2(4,5)1(6)7/h3-10,17H,2,11-16H2,1H3,(H,24,28)(H,25,29);(H,6,7). The monoisotopic (exact) mass is 522 g/mol. The molecule has 0 spiro atoms. The first-order chi connectivity index (χ1) is 17.6. The predicted molar refractivity (Wildman–Crippen MR) is 131 cm³/mol. The molecule has 1 aromatic heterocycles. The summed E-state index contributed by atoms with van der Waals surface area (Å²) in [5.74, 6) is -2.26. The average Bonchev–Trinajstić information content (AvgIpc) is 3.20. The van der Waals surface area contributed by atoms with Crippen LogP contribution in [0.25, 0.3) is 11.0 Å². The number of halogens is 3. The van der Waals surface area contributed by atoms with Crippen molar-refractivity contribution in [3.05, 3.63) is 64.6 Å². The summed E-state index contributed by atoms with van der Waals surface area (Å²) < 4.78 is 39.2. The van der Waals surface area contributed by atoms with Gasteiger partial charge in [-0.3, -0.25) is 9.36 Å². The van der Waals surface area contributed by atoms with E-state index in [1.54, 1.807) is 6.07 Å². The molecule has 0 atom stereocenters. The van der Waals surface area contributed by atoms with Crippen molar-refractivity contribution in [3.8, 4) is 5.75 Å². The molecule has 1 fully saturated rings. The molecule has 4 rings (SSSR count). The van der Waals surface area contributed by atoms with E-state index >= 15 is 0 Å². The van der Waals surface area contributed by atoms with Crippen molar-refractivity contribution in [1.29, 1.82) is 0 Å². The smallest absolute Gasteiger partial charge is 0.490 e. The first-order valence-corrected chi connectivity index (χ1v) is 11.8. The zero-order valence-electron chi connectivity index (χ0n) is 20.3. The number of aliphatic carboxylic acids is 1. The number of carboxylic acids is 1. The van der Waals surface area contributed by atoms with Crippen molar-refractivity contribution >= 4 is 22.9 Å². The molecule has 9 nitrogen and oxygen atoms in total. The fourth-order valence-electron chi connectivity index (χ4n) is 4.20. The summed E-state index contributed by atoms with van der Waals surface area (Å²) in [6, 6.07) is 15.3. The van der Waals surface area contributed by atoms with Gasteiger partial charge in [-0.15, -0.1) is 0 Å². The molecular weight excluding hydrogens is 493 g/mol. The summed E-state index contributed by atoms with van der Waals surface area (Å²) in [6.07, 6.45) is -3.24. The molecule has 1 aliphatic rings. The minimum atomic E-state index is -5.08. The van der Waals surface area contributed by atoms with E-state index in [4.69, 9.17) is 14.6 Å². The molecule has 3 N–H and O–H groups in total. The van der Waals surface area contributed by atoms with Crippen LogP contribution in [0.15, 0.2) is 53.3 Å². The number of H-pyrrole nitrogens is 1. The van der Waals surface area contributed by atoms with E-state index in [0.717, 1.165) is 43.5 Å². The SMILES string of the molecule is CCOc1ccccc1C(=O)NCCN1CCC(n2c(=O)[nH]c3ccccc32)CC1.O=C(O)C(F)(F)F. The van der Waals surface area contributed by atoms with Crippen molar-refractivity contribution in [2.45, 2.75) is 32.0 Å². The second-order valence-corrected chi connectivity index (χ2v) is 8.38. The Labute approximate surface area is 210 Å². The number of rotatable bonds is 7. The molecule has 1 aliphatic heterocycles. The highest BCUT2D eigenvalue weighted by Gasteiger charge is 2.38. The van der Waals surface area contributed by atoms with Crippen LogP contribution in [0.2, 0.25) is 0 Å². The van der Waals surface area contributed by atoms with Crippen LogP contribution in [0.5, 0.6) is 5.75 Å². The van der Waals surface area contributed by atoms with Crippen LogP contribution in [0.3, 0.4) is 0 Å². The molecule has 1 saturated heterocycles. The molecule has 0 aliphatic carbocycles. The van der Waals surface area contributed by atoms with Crippen molar-refractivity contribution < 1.29 is 32.6 Å². The number of likely N-dealkylation sites (tertiary alicyclic amines) is 1. The van der Waals surface area contributed by atoms with Crippen LogP contribution in [0.1, 0.15) is 36.2 Å². The van der Waals surface area contributed by atoms with Gasteiger partial charge < -0.3 is 25.0 Å². The first kappa shape index (κ1) is 27.8. The number of benzene rings is 2. The lowest BCUT2D eigenvalue weighted by Crippen LogP contribution is -2.41. The second kappa shape index (κ2) is 12.4. The number of alkyl halides is 3. The maximum Gasteiger partial charge on any atom is 0.490 e. The lowest BCUT2D eigenvalue weighted by atomic mass is 10.0. The van der Waals surface area contributed by atoms with E-state index < -0.39 is 12.1 Å². The number of nitrogens with zero attached hydrogens (tertiary/aromatic N) is 2. The van der Waals surface area contributed by atoms with Gasteiger partial charge in [0.1, 0.15) is 5.75 Å². The summed E-state index contributed by atoms with van der Waals surface area (Å²) >= 11 is 0. The third-order valence-electron chi connectivity index (χ3n) is 5.93. The van der Waals surface area contributed by atoms with Gasteiger partial charge in [0.05, 0.1) is 23.2 Å². The van der Waals surface area contributed by atoms with Gasteiger partial charge in [0.2, 0.25) is 0 Å². The Hall–Kier alpha value is -3.80. The molecule has 0 saturated carbocycles. The fraction of sp³-hybridized carbons (Fsp3) is 0.400. The van der Waals surface area contributed by atoms with Crippen LogP contribution in [-0.4, -0.2) is 70.4 Å². The summed E-state index contributed by atoms with van der Waals surface area (Å²) in [4.78, 5) is 39.1. The lowest BCUT2D eigenvalue weighted by molar-refractivity contribution is -0.192. The van der Waals surface area contributed by atoms with E-state index in [-0.39, 0.29) is 17.6 Å². The van der Waals surface area contributed by atoms with Crippen LogP contribution in [-0.2, 0) is 4.79 Å².